The summed E-state index contributed by atoms with van der Waals surface area (Å²) in [5, 5.41) is 25.7. The molecule has 71 heavy (non-hydrogen) atoms. The molecule has 2 fully saturated rings. The molecule has 0 spiro atoms. The van der Waals surface area contributed by atoms with Gasteiger partial charge in [0.25, 0.3) is 5.91 Å². The minimum Gasteiger partial charge on any atom is -0.490 e. The molecule has 2 aliphatic rings. The maximum absolute atomic E-state index is 14.2. The molecule has 0 radical (unpaired) electrons. The Balaban J connectivity index is 0.895. The Labute approximate surface area is 418 Å². The van der Waals surface area contributed by atoms with E-state index in [1.807, 2.05) is 45.9 Å². The number of likely N-dealkylation sites (tertiary alicyclic amines) is 1. The molecular weight excluding hydrogens is 958 g/mol. The zero-order valence-electron chi connectivity index (χ0n) is 40.0. The van der Waals surface area contributed by atoms with Gasteiger partial charge in [-0.15, -0.1) is 11.3 Å². The number of amides is 4. The number of anilines is 4. The summed E-state index contributed by atoms with van der Waals surface area (Å²) in [5.74, 6) is -0.847. The summed E-state index contributed by atoms with van der Waals surface area (Å²) in [7, 11) is 1.74. The highest BCUT2D eigenvalue weighted by atomic mass is 32.1. The van der Waals surface area contributed by atoms with Crippen molar-refractivity contribution in [1.29, 1.82) is 5.26 Å². The van der Waals surface area contributed by atoms with E-state index in [1.54, 1.807) is 96.9 Å². The van der Waals surface area contributed by atoms with Crippen molar-refractivity contribution < 1.29 is 46.9 Å². The highest BCUT2D eigenvalue weighted by molar-refractivity contribution is 7.81. The lowest BCUT2D eigenvalue weighted by Crippen LogP contribution is -2.58. The molecule has 1 aromatic heterocycles. The van der Waals surface area contributed by atoms with E-state index < -0.39 is 70.1 Å². The van der Waals surface area contributed by atoms with Gasteiger partial charge in [0, 0.05) is 37.1 Å². The fraction of sp³-hybridized carbons (Fsp3) is 0.353. The van der Waals surface area contributed by atoms with E-state index >= 15 is 0 Å². The number of aliphatic hydroxyl groups is 1. The topological polar surface area (TPSA) is 181 Å². The summed E-state index contributed by atoms with van der Waals surface area (Å²) in [6.45, 7) is 10.8. The number of aryl methyl sites for hydroxylation is 1. The second-order valence-corrected chi connectivity index (χ2v) is 20.0. The fourth-order valence-corrected chi connectivity index (χ4v) is 9.77. The van der Waals surface area contributed by atoms with Crippen LogP contribution in [0.4, 0.5) is 35.9 Å². The van der Waals surface area contributed by atoms with E-state index in [1.165, 1.54) is 22.3 Å². The van der Waals surface area contributed by atoms with Crippen LogP contribution in [0.15, 0.2) is 96.5 Å². The van der Waals surface area contributed by atoms with Crippen molar-refractivity contribution in [3.05, 3.63) is 113 Å². The summed E-state index contributed by atoms with van der Waals surface area (Å²) in [6, 6.07) is 23.7. The molecule has 5 aromatic rings. The van der Waals surface area contributed by atoms with Crippen LogP contribution in [0.3, 0.4) is 0 Å². The SMILES string of the molecule is Cc1ncsc1-c1cccc(NC(=O)[C@H]2C[C@@H](O)CN2C(=O)[C@@H](NC(=O)CN(C)c2ccc(OCCOc3ccc(N4C(=S)N(c5ccc(C#N)c(C(F)(F)F)c5)C(=O)C4(C)C)cc3)cc2)C(C)(C)C)c1. The van der Waals surface area contributed by atoms with E-state index in [-0.39, 0.29) is 43.5 Å². The predicted molar refractivity (Wildman–Crippen MR) is 268 cm³/mol. The number of nitriles is 1. The number of likely N-dealkylation sites (N-methyl/N-ethyl adjacent to an activating group) is 1. The number of alkyl halides is 3. The van der Waals surface area contributed by atoms with Crippen molar-refractivity contribution in [2.75, 3.05) is 53.4 Å². The van der Waals surface area contributed by atoms with Gasteiger partial charge >= 0.3 is 6.18 Å². The largest absolute Gasteiger partial charge is 0.490 e. The maximum atomic E-state index is 14.2. The van der Waals surface area contributed by atoms with E-state index in [9.17, 15) is 42.7 Å². The number of thiazole rings is 1. The van der Waals surface area contributed by atoms with Gasteiger partial charge in [-0.05, 0) is 123 Å². The number of nitrogens with one attached hydrogen (secondary N) is 2. The molecule has 0 bridgehead atoms. The van der Waals surface area contributed by atoms with Crippen LogP contribution < -0.4 is 34.8 Å². The Kier molecular flexibility index (Phi) is 15.1. The first kappa shape index (κ1) is 51.8. The quantitative estimate of drug-likeness (QED) is 0.0682. The summed E-state index contributed by atoms with van der Waals surface area (Å²) in [6.07, 6.45) is -5.69. The number of nitrogens with zero attached hydrogens (tertiary/aromatic N) is 6. The normalized spacial score (nSPS) is 17.2. The number of carbonyl (C=O) groups is 4. The van der Waals surface area contributed by atoms with E-state index in [2.05, 4.69) is 15.6 Å². The maximum Gasteiger partial charge on any atom is 0.417 e. The lowest BCUT2D eigenvalue weighted by atomic mass is 9.85. The predicted octanol–water partition coefficient (Wildman–Crippen LogP) is 7.95. The summed E-state index contributed by atoms with van der Waals surface area (Å²) in [4.78, 5) is 65.9. The Morgan fingerprint density at radius 3 is 2.21 bits per heavy atom. The van der Waals surface area contributed by atoms with Gasteiger partial charge in [-0.25, -0.2) is 4.98 Å². The number of thiocarbonyl (C=S) groups is 1. The van der Waals surface area contributed by atoms with E-state index in [0.717, 1.165) is 33.2 Å². The minimum absolute atomic E-state index is 0.0275. The van der Waals surface area contributed by atoms with E-state index in [4.69, 9.17) is 21.7 Å². The van der Waals surface area contributed by atoms with Crippen molar-refractivity contribution >= 4 is 75.0 Å². The number of aliphatic hydroxyl groups excluding tert-OH is 1. The first-order chi connectivity index (χ1) is 33.5. The van der Waals surface area contributed by atoms with Crippen LogP contribution in [0, 0.1) is 23.7 Å². The second-order valence-electron chi connectivity index (χ2n) is 18.8. The molecule has 2 aliphatic heterocycles. The molecule has 7 rings (SSSR count). The third-order valence-corrected chi connectivity index (χ3v) is 13.5. The van der Waals surface area contributed by atoms with Gasteiger partial charge in [0.1, 0.15) is 42.3 Å². The van der Waals surface area contributed by atoms with Crippen molar-refractivity contribution in [2.24, 2.45) is 5.41 Å². The van der Waals surface area contributed by atoms with E-state index in [0.29, 0.717) is 28.6 Å². The molecular formula is C51H53F3N8O7S2. The molecule has 3 N–H and O–H groups in total. The molecule has 15 nitrogen and oxygen atoms in total. The van der Waals surface area contributed by atoms with Crippen molar-refractivity contribution in [3.63, 3.8) is 0 Å². The Bertz CT molecular complexity index is 2860. The van der Waals surface area contributed by atoms with Crippen LogP contribution in [-0.4, -0.2) is 101 Å². The van der Waals surface area contributed by atoms with Crippen LogP contribution in [0.2, 0.25) is 0 Å². The Morgan fingerprint density at radius 1 is 0.986 bits per heavy atom. The third kappa shape index (κ3) is 11.4. The number of benzene rings is 4. The average Bonchev–Trinajstić information content (AvgIpc) is 3.98. The third-order valence-electron chi connectivity index (χ3n) is 12.2. The van der Waals surface area contributed by atoms with Gasteiger partial charge < -0.3 is 39.9 Å². The molecule has 4 aromatic carbocycles. The number of hydrogen-bond donors (Lipinski definition) is 3. The molecule has 3 heterocycles. The molecule has 4 amide bonds. The summed E-state index contributed by atoms with van der Waals surface area (Å²) < 4.78 is 53.0. The van der Waals surface area contributed by atoms with Gasteiger partial charge in [0.2, 0.25) is 17.7 Å². The Morgan fingerprint density at radius 2 is 1.62 bits per heavy atom. The zero-order valence-corrected chi connectivity index (χ0v) is 41.7. The van der Waals surface area contributed by atoms with Crippen LogP contribution in [0.1, 0.15) is 57.9 Å². The first-order valence-corrected chi connectivity index (χ1v) is 23.8. The van der Waals surface area contributed by atoms with Gasteiger partial charge in [-0.1, -0.05) is 32.9 Å². The second kappa shape index (κ2) is 20.7. The van der Waals surface area contributed by atoms with Crippen LogP contribution >= 0.6 is 23.6 Å². The van der Waals surface area contributed by atoms with Crippen LogP contribution in [0.25, 0.3) is 10.4 Å². The molecule has 372 valence electrons. The number of hydrogen-bond acceptors (Lipinski definition) is 12. The van der Waals surface area contributed by atoms with Crippen LogP contribution in [0.5, 0.6) is 11.5 Å². The fourth-order valence-electron chi connectivity index (χ4n) is 8.44. The summed E-state index contributed by atoms with van der Waals surface area (Å²) in [5.41, 5.74) is 1.44. The van der Waals surface area contributed by atoms with Crippen molar-refractivity contribution in [2.45, 2.75) is 77.9 Å². The zero-order chi connectivity index (χ0) is 51.6. The molecule has 0 aliphatic carbocycles. The molecule has 0 saturated carbocycles. The number of rotatable bonds is 15. The number of aromatic nitrogens is 1. The first-order valence-electron chi connectivity index (χ1n) is 22.5. The summed E-state index contributed by atoms with van der Waals surface area (Å²) >= 11 is 7.13. The Hall–Kier alpha value is -7.08. The highest BCUT2D eigenvalue weighted by Crippen LogP contribution is 2.40. The monoisotopic (exact) mass is 1010 g/mol. The van der Waals surface area contributed by atoms with Gasteiger partial charge in [0.15, 0.2) is 5.11 Å². The highest BCUT2D eigenvalue weighted by Gasteiger charge is 2.51. The number of carbonyl (C=O) groups excluding carboxylic acids is 4. The average molecular weight is 1010 g/mol. The van der Waals surface area contributed by atoms with Gasteiger partial charge in [0.05, 0.1) is 51.6 Å². The smallest absolute Gasteiger partial charge is 0.417 e. The molecule has 0 unspecified atom stereocenters. The van der Waals surface area contributed by atoms with Crippen molar-refractivity contribution in [1.82, 2.24) is 15.2 Å². The standard InChI is InChI=1S/C51H53F3N8O7S2/c1-30-43(71-29-56-30)31-9-8-10-33(23-31)57-45(65)41-25-37(63)27-60(41)46(66)44(49(2,3)4)58-42(64)28-59(7)34-13-17-38(18-14-34)68-21-22-69-39-19-15-35(16-20-39)62-48(70)61(47(67)50(62,5)6)36-12-11-32(26-55)40(24-36)51(52,53)54/h8-20,23-24,29,37,41,44,63H,21-22,25,27-28H2,1-7H3,(H,57,65)(H,58,64)/t37-,41-,44-/m1/s1. The lowest BCUT2D eigenvalue weighted by molar-refractivity contribution is -0.142. The number of β-amino-alcohol motifs (C(OH)–C–C–N with tert-alkyl or cyclic N) is 1. The molecule has 2 saturated heterocycles. The lowest BCUT2D eigenvalue weighted by Gasteiger charge is -2.35. The minimum atomic E-state index is -4.82. The van der Waals surface area contributed by atoms with Crippen LogP contribution in [-0.2, 0) is 25.4 Å². The van der Waals surface area contributed by atoms with Gasteiger partial charge in [-0.2, -0.15) is 18.4 Å². The van der Waals surface area contributed by atoms with Gasteiger partial charge in [-0.3, -0.25) is 24.1 Å². The molecule has 3 atom stereocenters. The number of halogens is 3. The molecule has 20 heteroatoms. The van der Waals surface area contributed by atoms with Crippen molar-refractivity contribution in [3.8, 4) is 28.0 Å². The number of ether oxygens (including phenoxy) is 2.